The molecule has 5 nitrogen and oxygen atoms in total. The Morgan fingerprint density at radius 1 is 1.04 bits per heavy atom. The average Bonchev–Trinajstić information content (AvgIpc) is 2.70. The van der Waals surface area contributed by atoms with Gasteiger partial charge in [-0.3, -0.25) is 4.79 Å². The first-order valence-corrected chi connectivity index (χ1v) is 9.17. The zero-order valence-electron chi connectivity index (χ0n) is 15.9. The highest BCUT2D eigenvalue weighted by molar-refractivity contribution is 6.05. The highest BCUT2D eigenvalue weighted by Gasteiger charge is 2.17. The van der Waals surface area contributed by atoms with Crippen LogP contribution in [-0.4, -0.2) is 22.4 Å². The molecule has 0 saturated carbocycles. The molecule has 2 aromatic carbocycles. The number of amides is 1. The summed E-state index contributed by atoms with van der Waals surface area (Å²) in [7, 11) is 0. The molecule has 1 amide bonds. The largest absolute Gasteiger partial charge is 0.324 e. The van der Waals surface area contributed by atoms with E-state index in [0.29, 0.717) is 18.1 Å². The lowest BCUT2D eigenvalue weighted by Gasteiger charge is -2.21. The lowest BCUT2D eigenvalue weighted by molar-refractivity contribution is 0.0987. The van der Waals surface area contributed by atoms with E-state index in [1.165, 1.54) is 5.56 Å². The number of carbonyl (C=O) groups is 1. The minimum atomic E-state index is -0.109. The molecular formula is C22H24N4O. The molecule has 138 valence electrons. The van der Waals surface area contributed by atoms with Crippen LogP contribution in [0.1, 0.15) is 35.3 Å². The summed E-state index contributed by atoms with van der Waals surface area (Å²) in [5.41, 5.74) is 4.65. The van der Waals surface area contributed by atoms with Crippen molar-refractivity contribution in [3.8, 4) is 0 Å². The maximum Gasteiger partial charge on any atom is 0.261 e. The van der Waals surface area contributed by atoms with Gasteiger partial charge in [-0.25, -0.2) is 9.97 Å². The third-order valence-corrected chi connectivity index (χ3v) is 4.39. The minimum absolute atomic E-state index is 0.109. The normalized spacial score (nSPS) is 10.5. The highest BCUT2D eigenvalue weighted by Crippen LogP contribution is 2.19. The molecule has 0 aliphatic heterocycles. The van der Waals surface area contributed by atoms with E-state index in [-0.39, 0.29) is 5.91 Å². The van der Waals surface area contributed by atoms with Crippen molar-refractivity contribution in [2.45, 2.75) is 27.2 Å². The number of aryl methyl sites for hydroxylation is 2. The van der Waals surface area contributed by atoms with Gasteiger partial charge in [0.25, 0.3) is 5.91 Å². The van der Waals surface area contributed by atoms with E-state index in [0.717, 1.165) is 23.4 Å². The van der Waals surface area contributed by atoms with E-state index < -0.39 is 0 Å². The maximum absolute atomic E-state index is 12.9. The van der Waals surface area contributed by atoms with Crippen LogP contribution >= 0.6 is 0 Å². The first-order chi connectivity index (χ1) is 13.1. The summed E-state index contributed by atoms with van der Waals surface area (Å²) in [4.78, 5) is 23.2. The van der Waals surface area contributed by atoms with Gasteiger partial charge < -0.3 is 10.2 Å². The van der Waals surface area contributed by atoms with Gasteiger partial charge in [-0.1, -0.05) is 31.2 Å². The van der Waals surface area contributed by atoms with Gasteiger partial charge in [-0.05, 0) is 55.7 Å². The summed E-state index contributed by atoms with van der Waals surface area (Å²) in [6.45, 7) is 6.67. The van der Waals surface area contributed by atoms with Crippen LogP contribution in [0.5, 0.6) is 0 Å². The topological polar surface area (TPSA) is 58.1 Å². The Bertz CT molecular complexity index is 904. The molecule has 0 saturated heterocycles. The van der Waals surface area contributed by atoms with Gasteiger partial charge in [-0.15, -0.1) is 0 Å². The van der Waals surface area contributed by atoms with Crippen LogP contribution in [0.15, 0.2) is 60.9 Å². The molecule has 0 aliphatic carbocycles. The van der Waals surface area contributed by atoms with Crippen LogP contribution in [0, 0.1) is 6.92 Å². The van der Waals surface area contributed by atoms with Crippen LogP contribution < -0.4 is 10.2 Å². The molecule has 27 heavy (non-hydrogen) atoms. The lowest BCUT2D eigenvalue weighted by Crippen LogP contribution is -2.30. The zero-order chi connectivity index (χ0) is 19.2. The second kappa shape index (κ2) is 8.45. The van der Waals surface area contributed by atoms with Gasteiger partial charge in [0, 0.05) is 30.3 Å². The van der Waals surface area contributed by atoms with Crippen molar-refractivity contribution >= 4 is 23.2 Å². The molecule has 0 bridgehead atoms. The summed E-state index contributed by atoms with van der Waals surface area (Å²) >= 11 is 0. The third kappa shape index (κ3) is 4.50. The molecule has 0 spiro atoms. The summed E-state index contributed by atoms with van der Waals surface area (Å²) in [6, 6.07) is 16.0. The first kappa shape index (κ1) is 18.6. The van der Waals surface area contributed by atoms with Crippen molar-refractivity contribution in [1.82, 2.24) is 9.97 Å². The second-order valence-electron chi connectivity index (χ2n) is 6.36. The van der Waals surface area contributed by atoms with Gasteiger partial charge in [-0.2, -0.15) is 0 Å². The average molecular weight is 360 g/mol. The number of carbonyl (C=O) groups excluding carboxylic acids is 1. The standard InChI is InChI=1S/C22H24N4O/c1-4-17-9-11-19(12-10-17)25-22-23-14-18(15-24-22)21(27)26(5-2)20-8-6-7-16(3)13-20/h6-15H,4-5H2,1-3H3,(H,23,24,25). The molecule has 3 aromatic rings. The number of nitrogens with zero attached hydrogens (tertiary/aromatic N) is 3. The van der Waals surface area contributed by atoms with Crippen molar-refractivity contribution in [2.24, 2.45) is 0 Å². The molecule has 3 rings (SSSR count). The number of rotatable bonds is 6. The molecule has 0 fully saturated rings. The van der Waals surface area contributed by atoms with Crippen LogP contribution in [0.3, 0.4) is 0 Å². The van der Waals surface area contributed by atoms with E-state index in [1.54, 1.807) is 17.3 Å². The monoisotopic (exact) mass is 360 g/mol. The Labute approximate surface area is 160 Å². The Balaban J connectivity index is 1.74. The molecule has 0 aliphatic rings. The number of aromatic nitrogens is 2. The molecular weight excluding hydrogens is 336 g/mol. The van der Waals surface area contributed by atoms with Crippen molar-refractivity contribution in [3.05, 3.63) is 77.6 Å². The molecule has 1 aromatic heterocycles. The molecule has 1 heterocycles. The number of hydrogen-bond donors (Lipinski definition) is 1. The second-order valence-corrected chi connectivity index (χ2v) is 6.36. The number of anilines is 3. The Morgan fingerprint density at radius 3 is 2.33 bits per heavy atom. The minimum Gasteiger partial charge on any atom is -0.324 e. The van der Waals surface area contributed by atoms with Crippen molar-refractivity contribution in [2.75, 3.05) is 16.8 Å². The predicted octanol–water partition coefficient (Wildman–Crippen LogP) is 4.76. The number of benzene rings is 2. The van der Waals surface area contributed by atoms with Crippen LogP contribution in [0.4, 0.5) is 17.3 Å². The fourth-order valence-electron chi connectivity index (χ4n) is 2.85. The molecule has 0 radical (unpaired) electrons. The summed E-state index contributed by atoms with van der Waals surface area (Å²) in [5, 5.41) is 3.16. The van der Waals surface area contributed by atoms with Gasteiger partial charge in [0.05, 0.1) is 5.56 Å². The highest BCUT2D eigenvalue weighted by atomic mass is 16.2. The summed E-state index contributed by atoms with van der Waals surface area (Å²) in [6.07, 6.45) is 4.13. The number of nitrogens with one attached hydrogen (secondary N) is 1. The molecule has 5 heteroatoms. The molecule has 0 atom stereocenters. The SMILES string of the molecule is CCc1ccc(Nc2ncc(C(=O)N(CC)c3cccc(C)c3)cn2)cc1. The fourth-order valence-corrected chi connectivity index (χ4v) is 2.85. The van der Waals surface area contributed by atoms with E-state index in [9.17, 15) is 4.79 Å². The molecule has 1 N–H and O–H groups in total. The summed E-state index contributed by atoms with van der Waals surface area (Å²) < 4.78 is 0. The molecule has 0 unspecified atom stereocenters. The smallest absolute Gasteiger partial charge is 0.261 e. The Morgan fingerprint density at radius 2 is 1.74 bits per heavy atom. The third-order valence-electron chi connectivity index (χ3n) is 4.39. The Hall–Kier alpha value is -3.21. The van der Waals surface area contributed by atoms with Gasteiger partial charge in [0.15, 0.2) is 0 Å². The lowest BCUT2D eigenvalue weighted by atomic mass is 10.1. The summed E-state index contributed by atoms with van der Waals surface area (Å²) in [5.74, 6) is 0.358. The van der Waals surface area contributed by atoms with Crippen LogP contribution in [0.2, 0.25) is 0 Å². The van der Waals surface area contributed by atoms with E-state index in [1.807, 2.05) is 50.2 Å². The van der Waals surface area contributed by atoms with E-state index in [4.69, 9.17) is 0 Å². The fraction of sp³-hybridized carbons (Fsp3) is 0.227. The van der Waals surface area contributed by atoms with Gasteiger partial charge in [0.2, 0.25) is 5.95 Å². The van der Waals surface area contributed by atoms with Crippen molar-refractivity contribution < 1.29 is 4.79 Å². The van der Waals surface area contributed by atoms with Crippen molar-refractivity contribution in [1.29, 1.82) is 0 Å². The van der Waals surface area contributed by atoms with Gasteiger partial charge >= 0.3 is 0 Å². The van der Waals surface area contributed by atoms with E-state index in [2.05, 4.69) is 34.3 Å². The number of hydrogen-bond acceptors (Lipinski definition) is 4. The van der Waals surface area contributed by atoms with Crippen LogP contribution in [-0.2, 0) is 6.42 Å². The predicted molar refractivity (Wildman–Crippen MR) is 110 cm³/mol. The first-order valence-electron chi connectivity index (χ1n) is 9.17. The quantitative estimate of drug-likeness (QED) is 0.689. The van der Waals surface area contributed by atoms with Gasteiger partial charge in [0.1, 0.15) is 0 Å². The zero-order valence-corrected chi connectivity index (χ0v) is 15.9. The van der Waals surface area contributed by atoms with Crippen LogP contribution in [0.25, 0.3) is 0 Å². The Kier molecular flexibility index (Phi) is 5.81. The van der Waals surface area contributed by atoms with Crippen molar-refractivity contribution in [3.63, 3.8) is 0 Å². The van der Waals surface area contributed by atoms with E-state index >= 15 is 0 Å². The maximum atomic E-state index is 12.9.